The molecule has 1 nitrogen and oxygen atoms in total. The van der Waals surface area contributed by atoms with Crippen LogP contribution < -0.4 is 0 Å². The Bertz CT molecular complexity index is 10.8. The van der Waals surface area contributed by atoms with Crippen molar-refractivity contribution in [2.75, 3.05) is 0 Å². The first-order valence-electron chi connectivity index (χ1n) is 0.816. The maximum Gasteiger partial charge on any atom is -0.0319 e. The summed E-state index contributed by atoms with van der Waals surface area (Å²) in [6.07, 6.45) is 1.50. The Morgan fingerprint density at radius 3 is 1.50 bits per heavy atom. The van der Waals surface area contributed by atoms with Gasteiger partial charge in [0.05, 0.1) is 0 Å². The summed E-state index contributed by atoms with van der Waals surface area (Å²) >= 11 is 0. The van der Waals surface area contributed by atoms with Crippen LogP contribution in [-0.4, -0.2) is 5.48 Å². The zero-order chi connectivity index (χ0) is 2.71. The molecule has 0 spiro atoms. The minimum atomic E-state index is 0. The van der Waals surface area contributed by atoms with E-state index in [0.717, 1.165) is 0 Å². The Hall–Kier alpha value is -0.300. The summed E-state index contributed by atoms with van der Waals surface area (Å²) in [4.78, 5) is 0. The average molecular weight is 58.1 g/mol. The molecule has 0 aliphatic carbocycles. The van der Waals surface area contributed by atoms with E-state index in [4.69, 9.17) is 0 Å². The number of allylic oxidation sites excluding steroid dienone is 1. The van der Waals surface area contributed by atoms with E-state index in [1.165, 1.54) is 6.08 Å². The summed E-state index contributed by atoms with van der Waals surface area (Å²) in [5.74, 6) is 0. The van der Waals surface area contributed by atoms with Gasteiger partial charge in [0.2, 0.25) is 0 Å². The molecular formula is C3H6O. The lowest BCUT2D eigenvalue weighted by Gasteiger charge is -1.30. The van der Waals surface area contributed by atoms with E-state index in [9.17, 15) is 0 Å². The van der Waals surface area contributed by atoms with Crippen LogP contribution >= 0.6 is 0 Å². The van der Waals surface area contributed by atoms with Gasteiger partial charge in [-0.2, -0.15) is 0 Å². The van der Waals surface area contributed by atoms with E-state index in [1.807, 2.05) is 0 Å². The predicted octanol–water partition coefficient (Wildman–Crippen LogP) is 0.830. The number of hydrogen-bond donors (Lipinski definition) is 1. The van der Waals surface area contributed by atoms with Crippen molar-refractivity contribution in [2.24, 2.45) is 0 Å². The summed E-state index contributed by atoms with van der Waals surface area (Å²) in [5, 5.41) is 0. The molecule has 0 amide bonds. The highest BCUT2D eigenvalue weighted by atomic mass is 16.0. The van der Waals surface area contributed by atoms with Crippen molar-refractivity contribution in [3.8, 4) is 0 Å². The molecule has 0 saturated heterocycles. The third-order valence-electron chi connectivity index (χ3n) is 0. The first-order valence-corrected chi connectivity index (χ1v) is 0.816. The highest BCUT2D eigenvalue weighted by molar-refractivity contribution is 4.66. The molecule has 1 heteroatoms. The van der Waals surface area contributed by atoms with Gasteiger partial charge in [-0.3, -0.25) is 5.48 Å². The van der Waals surface area contributed by atoms with Crippen molar-refractivity contribution in [2.45, 2.75) is 0 Å². The summed E-state index contributed by atoms with van der Waals surface area (Å²) in [6, 6.07) is 0. The molecule has 0 aromatic carbocycles. The second-order valence-electron chi connectivity index (χ2n) is 0.289. The third kappa shape index (κ3) is 9.26. The number of hydrogen-bond acceptors (Lipinski definition) is 0. The molecule has 0 heterocycles. The first-order chi connectivity index (χ1) is 1.41. The maximum atomic E-state index is 3.25. The van der Waals surface area contributed by atoms with Crippen LogP contribution in [-0.2, 0) is 0 Å². The fourth-order valence-electron chi connectivity index (χ4n) is 0. The van der Waals surface area contributed by atoms with Crippen LogP contribution in [0.4, 0.5) is 0 Å². The van der Waals surface area contributed by atoms with E-state index in [0.29, 0.717) is 0 Å². The van der Waals surface area contributed by atoms with Crippen molar-refractivity contribution >= 4 is 0 Å². The van der Waals surface area contributed by atoms with Gasteiger partial charge in [-0.15, -0.1) is 6.58 Å². The van der Waals surface area contributed by atoms with Gasteiger partial charge in [0.15, 0.2) is 0 Å². The molecule has 0 atom stereocenters. The maximum absolute atomic E-state index is 3.25. The normalized spacial score (nSPS) is 3.25. The van der Waals surface area contributed by atoms with Crippen LogP contribution in [0.1, 0.15) is 0 Å². The monoisotopic (exact) mass is 58.0 g/mol. The van der Waals surface area contributed by atoms with Crippen LogP contribution in [0.2, 0.25) is 0 Å². The molecular weight excluding hydrogens is 52.0 g/mol. The van der Waals surface area contributed by atoms with Crippen molar-refractivity contribution in [3.05, 3.63) is 19.6 Å². The van der Waals surface area contributed by atoms with Crippen LogP contribution in [0, 0.1) is 6.92 Å². The zero-order valence-electron chi connectivity index (χ0n) is 2.44. The molecule has 0 aliphatic heterocycles. The Morgan fingerprint density at radius 2 is 1.50 bits per heavy atom. The fourth-order valence-corrected chi connectivity index (χ4v) is 0. The van der Waals surface area contributed by atoms with Crippen molar-refractivity contribution in [3.63, 3.8) is 0 Å². The standard InChI is InChI=1S/C3H5.HO/c1-3-2;/h3H,1-2H2;1H. The lowest BCUT2D eigenvalue weighted by atomic mass is 10.8. The van der Waals surface area contributed by atoms with Gasteiger partial charge in [0.25, 0.3) is 0 Å². The zero-order valence-corrected chi connectivity index (χ0v) is 2.44. The van der Waals surface area contributed by atoms with Crippen LogP contribution in [0.3, 0.4) is 0 Å². The Kier molecular flexibility index (Phi) is 37.2. The van der Waals surface area contributed by atoms with Crippen molar-refractivity contribution in [1.29, 1.82) is 0 Å². The summed E-state index contributed by atoms with van der Waals surface area (Å²) in [7, 11) is 0. The summed E-state index contributed by atoms with van der Waals surface area (Å²) in [6.45, 7) is 6.50. The lowest BCUT2D eigenvalue weighted by molar-refractivity contribution is 0.824. The predicted molar refractivity (Wildman–Crippen MR) is 17.5 cm³/mol. The Balaban J connectivity index is 0. The molecule has 0 fully saturated rings. The number of rotatable bonds is 0. The van der Waals surface area contributed by atoms with E-state index in [1.54, 1.807) is 0 Å². The van der Waals surface area contributed by atoms with Crippen molar-refractivity contribution in [1.82, 2.24) is 0 Å². The lowest BCUT2D eigenvalue weighted by Crippen LogP contribution is -1.09. The molecule has 0 aromatic heterocycles. The van der Waals surface area contributed by atoms with Crippen LogP contribution in [0.5, 0.6) is 0 Å². The van der Waals surface area contributed by atoms with Crippen LogP contribution in [0.25, 0.3) is 0 Å². The largest absolute Gasteiger partial charge is 0.255 e. The van der Waals surface area contributed by atoms with Gasteiger partial charge in [0, 0.05) is 0 Å². The van der Waals surface area contributed by atoms with E-state index >= 15 is 0 Å². The molecule has 4 heavy (non-hydrogen) atoms. The molecule has 0 unspecified atom stereocenters. The minimum Gasteiger partial charge on any atom is -0.255 e. The minimum absolute atomic E-state index is 0. The van der Waals surface area contributed by atoms with Gasteiger partial charge in [-0.25, -0.2) is 0 Å². The Labute approximate surface area is 26.3 Å². The molecule has 0 saturated carbocycles. The molecule has 0 aromatic rings. The second kappa shape index (κ2) is 15.9. The van der Waals surface area contributed by atoms with Gasteiger partial charge in [-0.1, -0.05) is 6.08 Å². The highest BCUT2D eigenvalue weighted by Crippen LogP contribution is 1.36. The average Bonchev–Trinajstić information content (AvgIpc) is 0.918. The summed E-state index contributed by atoms with van der Waals surface area (Å²) < 4.78 is 0. The SMILES string of the molecule is [CH2]C=C.[OH]. The van der Waals surface area contributed by atoms with Crippen molar-refractivity contribution < 1.29 is 5.48 Å². The van der Waals surface area contributed by atoms with Gasteiger partial charge >= 0.3 is 0 Å². The first kappa shape index (κ1) is 9.33. The summed E-state index contributed by atoms with van der Waals surface area (Å²) in [5.41, 5.74) is 0. The molecule has 2 radical (unpaired) electrons. The molecule has 0 rings (SSSR count). The van der Waals surface area contributed by atoms with E-state index in [2.05, 4.69) is 13.5 Å². The van der Waals surface area contributed by atoms with Gasteiger partial charge in [-0.05, 0) is 6.92 Å². The van der Waals surface area contributed by atoms with Crippen LogP contribution in [0.15, 0.2) is 12.7 Å². The molecule has 24 valence electrons. The molecule has 0 bridgehead atoms. The molecule has 0 aliphatic rings. The van der Waals surface area contributed by atoms with E-state index in [-0.39, 0.29) is 5.48 Å². The Morgan fingerprint density at radius 1 is 1.50 bits per heavy atom. The molecule has 1 N–H and O–H groups in total. The quantitative estimate of drug-likeness (QED) is 0.427. The second-order valence-corrected chi connectivity index (χ2v) is 0.289. The van der Waals surface area contributed by atoms with Gasteiger partial charge < -0.3 is 0 Å². The highest BCUT2D eigenvalue weighted by Gasteiger charge is 1.15. The topological polar surface area (TPSA) is 30.0 Å². The van der Waals surface area contributed by atoms with E-state index < -0.39 is 0 Å². The smallest absolute Gasteiger partial charge is 0.0319 e. The van der Waals surface area contributed by atoms with Gasteiger partial charge in [0.1, 0.15) is 0 Å². The third-order valence-corrected chi connectivity index (χ3v) is 0. The fraction of sp³-hybridized carbons (Fsp3) is 0.